The zero-order valence-electron chi connectivity index (χ0n) is 12.4. The highest BCUT2D eigenvalue weighted by atomic mass is 32.2. The molecule has 6 heteroatoms. The second-order valence-corrected chi connectivity index (χ2v) is 7.22. The van der Waals surface area contributed by atoms with Gasteiger partial charge in [0.25, 0.3) is 0 Å². The van der Waals surface area contributed by atoms with E-state index in [1.807, 2.05) is 11.6 Å². The highest BCUT2D eigenvalue weighted by Crippen LogP contribution is 2.14. The summed E-state index contributed by atoms with van der Waals surface area (Å²) in [5.74, 6) is 0.220. The lowest BCUT2D eigenvalue weighted by Crippen LogP contribution is -2.16. The van der Waals surface area contributed by atoms with Gasteiger partial charge in [-0.25, -0.2) is 8.42 Å². The van der Waals surface area contributed by atoms with Crippen LogP contribution in [0.25, 0.3) is 0 Å². The lowest BCUT2D eigenvalue weighted by Gasteiger charge is -2.05. The fourth-order valence-electron chi connectivity index (χ4n) is 2.18. The molecule has 0 atom stereocenters. The topological polar surface area (TPSA) is 64.0 Å². The maximum Gasteiger partial charge on any atom is 0.147 e. The number of nitrogens with zero attached hydrogens (tertiary/aromatic N) is 2. The predicted molar refractivity (Wildman–Crippen MR) is 78.3 cm³/mol. The number of likely N-dealkylation sites (N-methyl/N-ethyl adjacent to an activating group) is 1. The summed E-state index contributed by atoms with van der Waals surface area (Å²) in [5, 5.41) is 7.81. The number of aryl methyl sites for hydroxylation is 2. The number of hydrogen-bond acceptors (Lipinski definition) is 4. The highest BCUT2D eigenvalue weighted by molar-refractivity contribution is 7.90. The molecular weight excluding hydrogens is 262 g/mol. The van der Waals surface area contributed by atoms with E-state index in [1.54, 1.807) is 0 Å². The molecule has 1 N–H and O–H groups in total. The molecule has 1 aromatic heterocycles. The summed E-state index contributed by atoms with van der Waals surface area (Å²) in [6.07, 6.45) is 2.86. The summed E-state index contributed by atoms with van der Waals surface area (Å²) in [4.78, 5) is 0. The second kappa shape index (κ2) is 7.05. The molecule has 1 rings (SSSR count). The Balaban J connectivity index is 2.62. The average Bonchev–Trinajstić information content (AvgIpc) is 2.55. The SMILES string of the molecule is CCNCCc1c(C)nn(CCCS(C)(=O)=O)c1C. The molecule has 0 fully saturated rings. The monoisotopic (exact) mass is 287 g/mol. The van der Waals surface area contributed by atoms with Crippen molar-refractivity contribution in [3.8, 4) is 0 Å². The van der Waals surface area contributed by atoms with Gasteiger partial charge < -0.3 is 5.32 Å². The van der Waals surface area contributed by atoms with Gasteiger partial charge in [0.15, 0.2) is 0 Å². The van der Waals surface area contributed by atoms with Crippen LogP contribution < -0.4 is 5.32 Å². The standard InChI is InChI=1S/C13H25N3O2S/c1-5-14-8-7-13-11(2)15-16(12(13)3)9-6-10-19(4,17)18/h14H,5-10H2,1-4H3. The van der Waals surface area contributed by atoms with Crippen LogP contribution in [0.1, 0.15) is 30.3 Å². The Morgan fingerprint density at radius 2 is 2.00 bits per heavy atom. The summed E-state index contributed by atoms with van der Waals surface area (Å²) in [5.41, 5.74) is 3.49. The van der Waals surface area contributed by atoms with Crippen molar-refractivity contribution in [3.05, 3.63) is 17.0 Å². The summed E-state index contributed by atoms with van der Waals surface area (Å²) >= 11 is 0. The molecule has 1 aromatic rings. The Kier molecular flexibility index (Phi) is 6.00. The van der Waals surface area contributed by atoms with Crippen LogP contribution in [-0.2, 0) is 22.8 Å². The van der Waals surface area contributed by atoms with Crippen molar-refractivity contribution in [2.75, 3.05) is 25.1 Å². The zero-order valence-corrected chi connectivity index (χ0v) is 13.2. The zero-order chi connectivity index (χ0) is 14.5. The minimum absolute atomic E-state index is 0.220. The molecule has 0 aliphatic heterocycles. The molecule has 0 aliphatic carbocycles. The molecule has 0 aromatic carbocycles. The fraction of sp³-hybridized carbons (Fsp3) is 0.769. The van der Waals surface area contributed by atoms with Crippen molar-refractivity contribution in [2.24, 2.45) is 0 Å². The van der Waals surface area contributed by atoms with Crippen LogP contribution >= 0.6 is 0 Å². The van der Waals surface area contributed by atoms with Crippen LogP contribution in [0.2, 0.25) is 0 Å². The Bertz CT molecular complexity index is 506. The van der Waals surface area contributed by atoms with Crippen molar-refractivity contribution in [1.82, 2.24) is 15.1 Å². The van der Waals surface area contributed by atoms with E-state index in [9.17, 15) is 8.42 Å². The first kappa shape index (κ1) is 16.2. The van der Waals surface area contributed by atoms with E-state index in [0.717, 1.165) is 30.9 Å². The van der Waals surface area contributed by atoms with Crippen LogP contribution in [0.5, 0.6) is 0 Å². The lowest BCUT2D eigenvalue weighted by molar-refractivity contribution is 0.566. The first-order valence-electron chi connectivity index (χ1n) is 6.76. The summed E-state index contributed by atoms with van der Waals surface area (Å²) in [6, 6.07) is 0. The number of hydrogen-bond donors (Lipinski definition) is 1. The smallest absolute Gasteiger partial charge is 0.147 e. The maximum atomic E-state index is 11.1. The van der Waals surface area contributed by atoms with Gasteiger partial charge >= 0.3 is 0 Å². The van der Waals surface area contributed by atoms with Gasteiger partial charge in [-0.3, -0.25) is 4.68 Å². The van der Waals surface area contributed by atoms with Gasteiger partial charge in [-0.2, -0.15) is 5.10 Å². The van der Waals surface area contributed by atoms with Gasteiger partial charge in [0, 0.05) is 18.5 Å². The average molecular weight is 287 g/mol. The van der Waals surface area contributed by atoms with Crippen molar-refractivity contribution in [2.45, 2.75) is 40.2 Å². The Morgan fingerprint density at radius 1 is 1.32 bits per heavy atom. The molecule has 0 saturated heterocycles. The van der Waals surface area contributed by atoms with Crippen LogP contribution in [0, 0.1) is 13.8 Å². The molecule has 19 heavy (non-hydrogen) atoms. The molecular formula is C13H25N3O2S. The Hall–Kier alpha value is -0.880. The molecule has 0 unspecified atom stereocenters. The van der Waals surface area contributed by atoms with E-state index in [-0.39, 0.29) is 5.75 Å². The van der Waals surface area contributed by atoms with Gasteiger partial charge in [0.05, 0.1) is 11.4 Å². The van der Waals surface area contributed by atoms with E-state index >= 15 is 0 Å². The highest BCUT2D eigenvalue weighted by Gasteiger charge is 2.11. The largest absolute Gasteiger partial charge is 0.317 e. The van der Waals surface area contributed by atoms with E-state index in [4.69, 9.17) is 0 Å². The molecule has 1 heterocycles. The van der Waals surface area contributed by atoms with Crippen molar-refractivity contribution in [3.63, 3.8) is 0 Å². The summed E-state index contributed by atoms with van der Waals surface area (Å²) in [6.45, 7) is 8.76. The normalized spacial score (nSPS) is 12.0. The number of aromatic nitrogens is 2. The van der Waals surface area contributed by atoms with E-state index in [0.29, 0.717) is 13.0 Å². The molecule has 0 spiro atoms. The van der Waals surface area contributed by atoms with Crippen LogP contribution in [0.3, 0.4) is 0 Å². The lowest BCUT2D eigenvalue weighted by atomic mass is 10.1. The number of rotatable bonds is 8. The van der Waals surface area contributed by atoms with Crippen LogP contribution in [-0.4, -0.2) is 43.3 Å². The van der Waals surface area contributed by atoms with E-state index in [1.165, 1.54) is 11.8 Å². The van der Waals surface area contributed by atoms with E-state index < -0.39 is 9.84 Å². The Labute approximate surface area is 116 Å². The van der Waals surface area contributed by atoms with Gasteiger partial charge in [0.2, 0.25) is 0 Å². The molecule has 5 nitrogen and oxygen atoms in total. The predicted octanol–water partition coefficient (Wildman–Crippen LogP) is 1.09. The van der Waals surface area contributed by atoms with Gasteiger partial charge in [-0.1, -0.05) is 6.92 Å². The van der Waals surface area contributed by atoms with Gasteiger partial charge in [0.1, 0.15) is 9.84 Å². The summed E-state index contributed by atoms with van der Waals surface area (Å²) < 4.78 is 24.2. The first-order chi connectivity index (χ1) is 8.85. The molecule has 0 saturated carbocycles. The van der Waals surface area contributed by atoms with Crippen molar-refractivity contribution < 1.29 is 8.42 Å². The second-order valence-electron chi connectivity index (χ2n) is 4.96. The van der Waals surface area contributed by atoms with Crippen molar-refractivity contribution in [1.29, 1.82) is 0 Å². The quantitative estimate of drug-likeness (QED) is 0.727. The molecule has 0 radical (unpaired) electrons. The minimum atomic E-state index is -2.88. The molecule has 0 bridgehead atoms. The third-order valence-corrected chi connectivity index (χ3v) is 4.25. The van der Waals surface area contributed by atoms with Gasteiger partial charge in [-0.15, -0.1) is 0 Å². The third-order valence-electron chi connectivity index (χ3n) is 3.22. The molecule has 0 aliphatic rings. The first-order valence-corrected chi connectivity index (χ1v) is 8.82. The van der Waals surface area contributed by atoms with E-state index in [2.05, 4.69) is 24.3 Å². The Morgan fingerprint density at radius 3 is 2.58 bits per heavy atom. The van der Waals surface area contributed by atoms with Crippen molar-refractivity contribution >= 4 is 9.84 Å². The minimum Gasteiger partial charge on any atom is -0.317 e. The molecule has 110 valence electrons. The van der Waals surface area contributed by atoms with Crippen LogP contribution in [0.4, 0.5) is 0 Å². The fourth-order valence-corrected chi connectivity index (χ4v) is 2.83. The number of nitrogens with one attached hydrogen (secondary N) is 1. The molecule has 0 amide bonds. The third kappa shape index (κ3) is 5.32. The van der Waals surface area contributed by atoms with Gasteiger partial charge in [-0.05, 0) is 45.3 Å². The number of sulfone groups is 1. The van der Waals surface area contributed by atoms with Crippen LogP contribution in [0.15, 0.2) is 0 Å². The summed E-state index contributed by atoms with van der Waals surface area (Å²) in [7, 11) is -2.88. The maximum absolute atomic E-state index is 11.1.